The number of aromatic nitrogens is 2. The Labute approximate surface area is 110 Å². The molecule has 2 N–H and O–H groups in total. The highest BCUT2D eigenvalue weighted by Crippen LogP contribution is 2.33. The van der Waals surface area contributed by atoms with E-state index < -0.39 is 9.84 Å². The summed E-state index contributed by atoms with van der Waals surface area (Å²) in [6.07, 6.45) is 1.10. The molecule has 0 radical (unpaired) electrons. The van der Waals surface area contributed by atoms with Gasteiger partial charge in [0.05, 0.1) is 13.7 Å². The van der Waals surface area contributed by atoms with Gasteiger partial charge in [0.2, 0.25) is 11.7 Å². The molecule has 0 bridgehead atoms. The van der Waals surface area contributed by atoms with Gasteiger partial charge in [-0.1, -0.05) is 11.2 Å². The first-order chi connectivity index (χ1) is 8.97. The summed E-state index contributed by atoms with van der Waals surface area (Å²) < 4.78 is 33.7. The average molecular weight is 283 g/mol. The smallest absolute Gasteiger partial charge is 0.240 e. The van der Waals surface area contributed by atoms with Gasteiger partial charge in [-0.25, -0.2) is 8.42 Å². The van der Waals surface area contributed by atoms with E-state index in [1.165, 1.54) is 7.11 Å². The summed E-state index contributed by atoms with van der Waals surface area (Å²) in [5.74, 6) is 0.635. The normalized spacial score (nSPS) is 11.5. The first-order valence-corrected chi connectivity index (χ1v) is 7.26. The number of sulfone groups is 1. The Bertz CT molecular complexity index is 694. The molecule has 102 valence electrons. The van der Waals surface area contributed by atoms with Gasteiger partial charge in [-0.15, -0.1) is 0 Å². The fourth-order valence-electron chi connectivity index (χ4n) is 1.68. The van der Waals surface area contributed by atoms with E-state index in [-0.39, 0.29) is 28.9 Å². The second-order valence-corrected chi connectivity index (χ2v) is 5.78. The van der Waals surface area contributed by atoms with Crippen molar-refractivity contribution in [1.29, 1.82) is 0 Å². The lowest BCUT2D eigenvalue weighted by molar-refractivity contribution is 0.380. The number of nitrogens with two attached hydrogens (primary N) is 1. The molecular formula is C11H13N3O4S. The maximum Gasteiger partial charge on any atom is 0.240 e. The molecule has 7 nitrogen and oxygen atoms in total. The second kappa shape index (κ2) is 4.98. The molecule has 0 unspecified atom stereocenters. The van der Waals surface area contributed by atoms with Gasteiger partial charge < -0.3 is 15.0 Å². The Morgan fingerprint density at radius 1 is 1.42 bits per heavy atom. The molecule has 0 aliphatic heterocycles. The molecule has 0 spiro atoms. The second-order valence-electron chi connectivity index (χ2n) is 3.82. The number of methoxy groups -OCH3 is 1. The van der Waals surface area contributed by atoms with Crippen molar-refractivity contribution in [1.82, 2.24) is 10.1 Å². The van der Waals surface area contributed by atoms with Crippen molar-refractivity contribution in [3.8, 4) is 17.1 Å². The zero-order chi connectivity index (χ0) is 14.0. The lowest BCUT2D eigenvalue weighted by atomic mass is 10.2. The minimum atomic E-state index is -3.50. The van der Waals surface area contributed by atoms with Crippen molar-refractivity contribution in [2.24, 2.45) is 5.73 Å². The largest absolute Gasteiger partial charge is 0.495 e. The number of hydrogen-bond acceptors (Lipinski definition) is 7. The molecule has 0 aliphatic carbocycles. The Hall–Kier alpha value is -1.93. The molecule has 0 amide bonds. The van der Waals surface area contributed by atoms with E-state index in [9.17, 15) is 8.42 Å². The van der Waals surface area contributed by atoms with Crippen LogP contribution < -0.4 is 10.5 Å². The van der Waals surface area contributed by atoms with Crippen molar-refractivity contribution < 1.29 is 17.7 Å². The summed E-state index contributed by atoms with van der Waals surface area (Å²) in [6, 6.07) is 4.80. The molecular weight excluding hydrogens is 270 g/mol. The van der Waals surface area contributed by atoms with Crippen LogP contribution in [0, 0.1) is 0 Å². The van der Waals surface area contributed by atoms with E-state index >= 15 is 0 Å². The topological polar surface area (TPSA) is 108 Å². The standard InChI is InChI=1S/C11H13N3O4S/c1-17-8-5-3-4-7(10(8)19(2,15)16)11-13-9(6-12)18-14-11/h3-5H,6,12H2,1-2H3. The molecule has 1 heterocycles. The highest BCUT2D eigenvalue weighted by molar-refractivity contribution is 7.91. The quantitative estimate of drug-likeness (QED) is 0.875. The molecule has 0 aliphatic rings. The third-order valence-corrected chi connectivity index (χ3v) is 3.62. The van der Waals surface area contributed by atoms with Gasteiger partial charge >= 0.3 is 0 Å². The van der Waals surface area contributed by atoms with Crippen LogP contribution in [0.2, 0.25) is 0 Å². The van der Waals surface area contributed by atoms with Gasteiger partial charge in [0.15, 0.2) is 9.84 Å². The third-order valence-electron chi connectivity index (χ3n) is 2.45. The first-order valence-electron chi connectivity index (χ1n) is 5.37. The summed E-state index contributed by atoms with van der Waals surface area (Å²) >= 11 is 0. The molecule has 19 heavy (non-hydrogen) atoms. The predicted octanol–water partition coefficient (Wildman–Crippen LogP) is 0.607. The summed E-state index contributed by atoms with van der Waals surface area (Å²) in [6.45, 7) is 0.0885. The van der Waals surface area contributed by atoms with Crippen molar-refractivity contribution in [2.75, 3.05) is 13.4 Å². The SMILES string of the molecule is COc1cccc(-c2noc(CN)n2)c1S(C)(=O)=O. The fourth-order valence-corrected chi connectivity index (χ4v) is 2.76. The third kappa shape index (κ3) is 2.59. The Morgan fingerprint density at radius 2 is 2.16 bits per heavy atom. The van der Waals surface area contributed by atoms with Gasteiger partial charge in [-0.3, -0.25) is 0 Å². The van der Waals surface area contributed by atoms with Crippen molar-refractivity contribution in [3.63, 3.8) is 0 Å². The summed E-state index contributed by atoms with van der Waals surface area (Å²) in [7, 11) is -2.10. The highest BCUT2D eigenvalue weighted by atomic mass is 32.2. The van der Waals surface area contributed by atoms with Crippen molar-refractivity contribution in [3.05, 3.63) is 24.1 Å². The van der Waals surface area contributed by atoms with Gasteiger partial charge in [0.25, 0.3) is 0 Å². The molecule has 0 fully saturated rings. The summed E-state index contributed by atoms with van der Waals surface area (Å²) in [4.78, 5) is 4.06. The number of hydrogen-bond donors (Lipinski definition) is 1. The Kier molecular flexibility index (Phi) is 3.54. The van der Waals surface area contributed by atoms with E-state index in [0.29, 0.717) is 5.56 Å². The summed E-state index contributed by atoms with van der Waals surface area (Å²) in [5.41, 5.74) is 5.71. The predicted molar refractivity (Wildman–Crippen MR) is 67.3 cm³/mol. The van der Waals surface area contributed by atoms with Gasteiger partial charge in [-0.2, -0.15) is 4.98 Å². The number of ether oxygens (including phenoxy) is 1. The van der Waals surface area contributed by atoms with E-state index in [2.05, 4.69) is 10.1 Å². The minimum absolute atomic E-state index is 0.0295. The van der Waals surface area contributed by atoms with E-state index in [1.807, 2.05) is 0 Å². The summed E-state index contributed by atoms with van der Waals surface area (Å²) in [5, 5.41) is 3.72. The fraction of sp³-hybridized carbons (Fsp3) is 0.273. The first kappa shape index (κ1) is 13.5. The van der Waals surface area contributed by atoms with E-state index in [0.717, 1.165) is 6.26 Å². The van der Waals surface area contributed by atoms with Crippen LogP contribution in [0.15, 0.2) is 27.6 Å². The van der Waals surface area contributed by atoms with Crippen LogP contribution in [0.25, 0.3) is 11.4 Å². The molecule has 0 saturated carbocycles. The molecule has 1 aromatic heterocycles. The lowest BCUT2D eigenvalue weighted by Crippen LogP contribution is -2.04. The van der Waals surface area contributed by atoms with Crippen LogP contribution in [0.5, 0.6) is 5.75 Å². The van der Waals surface area contributed by atoms with Gasteiger partial charge in [0, 0.05) is 11.8 Å². The van der Waals surface area contributed by atoms with Crippen LogP contribution in [-0.2, 0) is 16.4 Å². The van der Waals surface area contributed by atoms with E-state index in [1.54, 1.807) is 18.2 Å². The minimum Gasteiger partial charge on any atom is -0.495 e. The van der Waals surface area contributed by atoms with Crippen LogP contribution in [0.1, 0.15) is 5.89 Å². The van der Waals surface area contributed by atoms with Crippen molar-refractivity contribution >= 4 is 9.84 Å². The average Bonchev–Trinajstić information content (AvgIpc) is 2.85. The van der Waals surface area contributed by atoms with E-state index in [4.69, 9.17) is 15.0 Å². The van der Waals surface area contributed by atoms with Crippen LogP contribution in [0.4, 0.5) is 0 Å². The highest BCUT2D eigenvalue weighted by Gasteiger charge is 2.23. The molecule has 8 heteroatoms. The molecule has 2 aromatic rings. The maximum atomic E-state index is 11.9. The van der Waals surface area contributed by atoms with Crippen molar-refractivity contribution in [2.45, 2.75) is 11.4 Å². The number of nitrogens with zero attached hydrogens (tertiary/aromatic N) is 2. The maximum absolute atomic E-state index is 11.9. The number of benzene rings is 1. The lowest BCUT2D eigenvalue weighted by Gasteiger charge is -2.09. The molecule has 0 atom stereocenters. The van der Waals surface area contributed by atoms with Gasteiger partial charge in [-0.05, 0) is 12.1 Å². The van der Waals surface area contributed by atoms with Crippen LogP contribution in [0.3, 0.4) is 0 Å². The monoisotopic (exact) mass is 283 g/mol. The zero-order valence-corrected chi connectivity index (χ0v) is 11.3. The van der Waals surface area contributed by atoms with Crippen LogP contribution in [-0.4, -0.2) is 31.9 Å². The van der Waals surface area contributed by atoms with Gasteiger partial charge in [0.1, 0.15) is 10.6 Å². The number of rotatable bonds is 4. The Morgan fingerprint density at radius 3 is 2.68 bits per heavy atom. The molecule has 0 saturated heterocycles. The zero-order valence-electron chi connectivity index (χ0n) is 10.5. The molecule has 2 rings (SSSR count). The Balaban J connectivity index is 2.70. The van der Waals surface area contributed by atoms with Crippen LogP contribution >= 0.6 is 0 Å². The molecule has 1 aromatic carbocycles.